The van der Waals surface area contributed by atoms with Crippen molar-refractivity contribution in [3.05, 3.63) is 77.9 Å². The fourth-order valence-corrected chi connectivity index (χ4v) is 4.43. The van der Waals surface area contributed by atoms with Crippen LogP contribution in [0, 0.1) is 0 Å². The molecule has 28 heavy (non-hydrogen) atoms. The minimum atomic E-state index is -0.637. The van der Waals surface area contributed by atoms with Crippen molar-refractivity contribution in [2.75, 3.05) is 18.5 Å². The number of amides is 1. The lowest BCUT2D eigenvalue weighted by molar-refractivity contribution is 0.0243. The third kappa shape index (κ3) is 2.76. The number of carbonyl (C=O) groups excluding carboxylic acids is 1. The first-order valence-corrected chi connectivity index (χ1v) is 9.95. The average Bonchev–Trinajstić information content (AvgIpc) is 3.24. The van der Waals surface area contributed by atoms with Gasteiger partial charge in [-0.25, -0.2) is 0 Å². The van der Waals surface area contributed by atoms with Gasteiger partial charge in [0, 0.05) is 18.8 Å². The molecule has 1 N–H and O–H groups in total. The van der Waals surface area contributed by atoms with Gasteiger partial charge in [-0.2, -0.15) is 0 Å². The first kappa shape index (κ1) is 17.3. The number of hydrogen-bond donors (Lipinski definition) is 1. The Morgan fingerprint density at radius 1 is 1.07 bits per heavy atom. The van der Waals surface area contributed by atoms with Gasteiger partial charge in [-0.05, 0) is 54.3 Å². The topological polar surface area (TPSA) is 41.6 Å². The Balaban J connectivity index is 1.62. The van der Waals surface area contributed by atoms with Gasteiger partial charge in [0.05, 0.1) is 11.7 Å². The summed E-state index contributed by atoms with van der Waals surface area (Å²) < 4.78 is 5.87. The van der Waals surface area contributed by atoms with Crippen molar-refractivity contribution in [2.45, 2.75) is 31.5 Å². The van der Waals surface area contributed by atoms with E-state index in [0.29, 0.717) is 6.54 Å². The number of anilines is 1. The van der Waals surface area contributed by atoms with Crippen molar-refractivity contribution in [1.82, 2.24) is 4.90 Å². The number of fused-ring (bicyclic) bond motifs is 2. The molecule has 4 heteroatoms. The molecule has 0 bridgehead atoms. The normalized spacial score (nSPS) is 24.2. The van der Waals surface area contributed by atoms with Crippen molar-refractivity contribution in [2.24, 2.45) is 0 Å². The summed E-state index contributed by atoms with van der Waals surface area (Å²) in [7, 11) is 0. The average molecular weight is 372 g/mol. The highest BCUT2D eigenvalue weighted by atomic mass is 16.5. The molecule has 2 aliphatic rings. The lowest BCUT2D eigenvalue weighted by Crippen LogP contribution is -2.57. The van der Waals surface area contributed by atoms with Crippen LogP contribution >= 0.6 is 0 Å². The second-order valence-electron chi connectivity index (χ2n) is 7.86. The standard InChI is InChI=1S/C24H24N2O2/c1-24(19-13-12-17-7-2-3-8-18(17)15-19)25-22-11-5-4-10-21(22)23(27)26(24)16-20-9-6-14-28-20/h2-5,7-8,10-13,15,20,25H,6,9,14,16H2,1H3. The minimum absolute atomic E-state index is 0.0560. The molecule has 5 rings (SSSR count). The van der Waals surface area contributed by atoms with E-state index in [9.17, 15) is 4.79 Å². The zero-order valence-corrected chi connectivity index (χ0v) is 16.0. The fraction of sp³-hybridized carbons (Fsp3) is 0.292. The Hall–Kier alpha value is -2.85. The molecule has 3 aromatic rings. The number of para-hydroxylation sites is 1. The lowest BCUT2D eigenvalue weighted by Gasteiger charge is -2.47. The van der Waals surface area contributed by atoms with Crippen LogP contribution in [0.3, 0.4) is 0 Å². The van der Waals surface area contributed by atoms with Gasteiger partial charge in [0.15, 0.2) is 0 Å². The van der Waals surface area contributed by atoms with Crippen molar-refractivity contribution < 1.29 is 9.53 Å². The number of hydrogen-bond acceptors (Lipinski definition) is 3. The quantitative estimate of drug-likeness (QED) is 0.721. The van der Waals surface area contributed by atoms with Gasteiger partial charge in [0.2, 0.25) is 0 Å². The summed E-state index contributed by atoms with van der Waals surface area (Å²) in [5.41, 5.74) is 2.04. The van der Waals surface area contributed by atoms with E-state index in [1.54, 1.807) is 0 Å². The smallest absolute Gasteiger partial charge is 0.258 e. The summed E-state index contributed by atoms with van der Waals surface area (Å²) >= 11 is 0. The largest absolute Gasteiger partial charge is 0.376 e. The highest BCUT2D eigenvalue weighted by Gasteiger charge is 2.43. The Labute approximate surface area is 165 Å². The van der Waals surface area contributed by atoms with Crippen LogP contribution in [-0.2, 0) is 10.4 Å². The third-order valence-electron chi connectivity index (χ3n) is 6.04. The van der Waals surface area contributed by atoms with Gasteiger partial charge in [-0.15, -0.1) is 0 Å². The maximum atomic E-state index is 13.5. The van der Waals surface area contributed by atoms with E-state index in [0.717, 1.165) is 36.3 Å². The van der Waals surface area contributed by atoms with E-state index in [4.69, 9.17) is 4.74 Å². The van der Waals surface area contributed by atoms with E-state index in [-0.39, 0.29) is 12.0 Å². The molecule has 4 nitrogen and oxygen atoms in total. The summed E-state index contributed by atoms with van der Waals surface area (Å²) in [4.78, 5) is 15.4. The second kappa shape index (κ2) is 6.64. The zero-order chi connectivity index (χ0) is 19.1. The molecular weight excluding hydrogens is 348 g/mol. The van der Waals surface area contributed by atoms with Crippen LogP contribution in [0.4, 0.5) is 5.69 Å². The van der Waals surface area contributed by atoms with Crippen LogP contribution in [-0.4, -0.2) is 30.1 Å². The SMILES string of the molecule is CC1(c2ccc3ccccc3c2)Nc2ccccc2C(=O)N1CC1CCCO1. The summed E-state index contributed by atoms with van der Waals surface area (Å²) in [6.45, 7) is 3.47. The first-order valence-electron chi connectivity index (χ1n) is 9.95. The molecule has 0 spiro atoms. The third-order valence-corrected chi connectivity index (χ3v) is 6.04. The Morgan fingerprint density at radius 2 is 1.86 bits per heavy atom. The molecule has 0 radical (unpaired) electrons. The fourth-order valence-electron chi connectivity index (χ4n) is 4.43. The molecule has 1 amide bonds. The molecule has 0 aromatic heterocycles. The molecule has 1 fully saturated rings. The van der Waals surface area contributed by atoms with Gasteiger partial charge >= 0.3 is 0 Å². The number of ether oxygens (including phenoxy) is 1. The molecule has 3 aromatic carbocycles. The predicted molar refractivity (Wildman–Crippen MR) is 111 cm³/mol. The van der Waals surface area contributed by atoms with Gasteiger partial charge in [-0.3, -0.25) is 4.79 Å². The molecular formula is C24H24N2O2. The molecule has 1 saturated heterocycles. The van der Waals surface area contributed by atoms with E-state index in [2.05, 4.69) is 42.6 Å². The van der Waals surface area contributed by atoms with Crippen LogP contribution in [0.25, 0.3) is 10.8 Å². The van der Waals surface area contributed by atoms with Crippen molar-refractivity contribution in [3.8, 4) is 0 Å². The van der Waals surface area contributed by atoms with Crippen LogP contribution in [0.15, 0.2) is 66.7 Å². The molecule has 2 atom stereocenters. The van der Waals surface area contributed by atoms with E-state index < -0.39 is 5.66 Å². The van der Waals surface area contributed by atoms with Crippen LogP contribution in [0.2, 0.25) is 0 Å². The number of rotatable bonds is 3. The monoisotopic (exact) mass is 372 g/mol. The summed E-state index contributed by atoms with van der Waals surface area (Å²) in [5, 5.41) is 6.03. The van der Waals surface area contributed by atoms with Crippen molar-refractivity contribution >= 4 is 22.4 Å². The van der Waals surface area contributed by atoms with E-state index >= 15 is 0 Å². The predicted octanol–water partition coefficient (Wildman–Crippen LogP) is 4.76. The molecule has 2 unspecified atom stereocenters. The maximum Gasteiger partial charge on any atom is 0.258 e. The van der Waals surface area contributed by atoms with E-state index in [1.807, 2.05) is 41.3 Å². The number of nitrogens with zero attached hydrogens (tertiary/aromatic N) is 1. The minimum Gasteiger partial charge on any atom is -0.376 e. The summed E-state index contributed by atoms with van der Waals surface area (Å²) in [5.74, 6) is 0.0560. The first-order chi connectivity index (χ1) is 13.6. The molecule has 0 saturated carbocycles. The van der Waals surface area contributed by atoms with Gasteiger partial charge in [0.25, 0.3) is 5.91 Å². The zero-order valence-electron chi connectivity index (χ0n) is 16.0. The Bertz CT molecular complexity index is 1040. The van der Waals surface area contributed by atoms with Crippen LogP contribution in [0.5, 0.6) is 0 Å². The van der Waals surface area contributed by atoms with E-state index in [1.165, 1.54) is 10.8 Å². The van der Waals surface area contributed by atoms with Gasteiger partial charge < -0.3 is 15.0 Å². The van der Waals surface area contributed by atoms with Gasteiger partial charge in [0.1, 0.15) is 5.66 Å². The summed E-state index contributed by atoms with van der Waals surface area (Å²) in [6, 6.07) is 22.5. The van der Waals surface area contributed by atoms with Gasteiger partial charge in [-0.1, -0.05) is 48.5 Å². The van der Waals surface area contributed by atoms with Crippen LogP contribution in [0.1, 0.15) is 35.7 Å². The molecule has 142 valence electrons. The molecule has 2 aliphatic heterocycles. The van der Waals surface area contributed by atoms with Crippen molar-refractivity contribution in [1.29, 1.82) is 0 Å². The Kier molecular flexibility index (Phi) is 4.09. The lowest BCUT2D eigenvalue weighted by atomic mass is 9.91. The van der Waals surface area contributed by atoms with Crippen LogP contribution < -0.4 is 5.32 Å². The second-order valence-corrected chi connectivity index (χ2v) is 7.86. The maximum absolute atomic E-state index is 13.5. The highest BCUT2D eigenvalue weighted by Crippen LogP contribution is 2.39. The highest BCUT2D eigenvalue weighted by molar-refractivity contribution is 6.02. The van der Waals surface area contributed by atoms with Crippen molar-refractivity contribution in [3.63, 3.8) is 0 Å². The molecule has 2 heterocycles. The summed E-state index contributed by atoms with van der Waals surface area (Å²) in [6.07, 6.45) is 2.15. The Morgan fingerprint density at radius 3 is 2.68 bits per heavy atom. The number of nitrogens with one attached hydrogen (secondary N) is 1. The number of benzene rings is 3. The number of carbonyl (C=O) groups is 1. The molecule has 0 aliphatic carbocycles.